The Balaban J connectivity index is 1.92. The third kappa shape index (κ3) is 5.78. The summed E-state index contributed by atoms with van der Waals surface area (Å²) in [5.74, 6) is 1.96. The van der Waals surface area contributed by atoms with E-state index in [1.807, 2.05) is 6.07 Å². The molecule has 29 heavy (non-hydrogen) atoms. The molecule has 1 N–H and O–H groups in total. The summed E-state index contributed by atoms with van der Waals surface area (Å²) < 4.78 is 16.7. The van der Waals surface area contributed by atoms with Gasteiger partial charge in [0.25, 0.3) is 0 Å². The van der Waals surface area contributed by atoms with E-state index < -0.39 is 0 Å². The largest absolute Gasteiger partial charge is 0.508 e. The van der Waals surface area contributed by atoms with Crippen molar-refractivity contribution < 1.29 is 19.3 Å². The van der Waals surface area contributed by atoms with Gasteiger partial charge in [0.15, 0.2) is 11.5 Å². The average Bonchev–Trinajstić information content (AvgIpc) is 2.72. The first-order valence-electron chi connectivity index (χ1n) is 9.67. The second-order valence-corrected chi connectivity index (χ2v) is 7.78. The monoisotopic (exact) mass is 460 g/mol. The number of hydrogen-bond acceptors (Lipinski definition) is 4. The van der Waals surface area contributed by atoms with Crippen molar-refractivity contribution in [2.75, 3.05) is 20.8 Å². The summed E-state index contributed by atoms with van der Waals surface area (Å²) in [4.78, 5) is 0. The lowest BCUT2D eigenvalue weighted by Gasteiger charge is -2.17. The zero-order valence-corrected chi connectivity index (χ0v) is 19.3. The molecule has 2 aromatic rings. The number of phenols is 1. The first kappa shape index (κ1) is 23.8. The van der Waals surface area contributed by atoms with E-state index in [1.54, 1.807) is 19.2 Å². The van der Waals surface area contributed by atoms with Crippen LogP contribution in [0.15, 0.2) is 18.2 Å². The van der Waals surface area contributed by atoms with Crippen LogP contribution in [0.3, 0.4) is 0 Å². The molecule has 4 nitrogen and oxygen atoms in total. The molecule has 2 rings (SSSR count). The number of benzene rings is 2. The highest BCUT2D eigenvalue weighted by Gasteiger charge is 2.22. The number of methoxy groups -OCH3 is 2. The quantitative estimate of drug-likeness (QED) is 0.286. The van der Waals surface area contributed by atoms with Crippen molar-refractivity contribution in [2.45, 2.75) is 45.4 Å². The third-order valence-electron chi connectivity index (χ3n) is 4.68. The highest BCUT2D eigenvalue weighted by Crippen LogP contribution is 2.48. The number of halogens is 3. The predicted molar refractivity (Wildman–Crippen MR) is 120 cm³/mol. The lowest BCUT2D eigenvalue weighted by atomic mass is 10.0. The van der Waals surface area contributed by atoms with Crippen LogP contribution in [0.1, 0.15) is 43.7 Å². The Labute approximate surface area is 187 Å². The summed E-state index contributed by atoms with van der Waals surface area (Å²) in [7, 11) is 3.07. The Morgan fingerprint density at radius 2 is 1.55 bits per heavy atom. The van der Waals surface area contributed by atoms with Crippen LogP contribution in [-0.4, -0.2) is 25.9 Å². The molecule has 0 saturated carbocycles. The van der Waals surface area contributed by atoms with Crippen LogP contribution in [0, 0.1) is 0 Å². The molecule has 7 heteroatoms. The van der Waals surface area contributed by atoms with Gasteiger partial charge in [-0.1, -0.05) is 54.2 Å². The predicted octanol–water partition coefficient (Wildman–Crippen LogP) is 7.11. The average molecular weight is 462 g/mol. The van der Waals surface area contributed by atoms with Gasteiger partial charge in [-0.15, -0.1) is 0 Å². The zero-order chi connectivity index (χ0) is 21.4. The van der Waals surface area contributed by atoms with Crippen LogP contribution in [0.4, 0.5) is 0 Å². The molecule has 0 aliphatic heterocycles. The second-order valence-electron chi connectivity index (χ2n) is 6.65. The van der Waals surface area contributed by atoms with E-state index in [0.29, 0.717) is 35.3 Å². The van der Waals surface area contributed by atoms with E-state index in [-0.39, 0.29) is 10.0 Å². The van der Waals surface area contributed by atoms with Gasteiger partial charge in [0.2, 0.25) is 0 Å². The molecule has 0 unspecified atom stereocenters. The Bertz CT molecular complexity index is 824. The van der Waals surface area contributed by atoms with Gasteiger partial charge in [0.1, 0.15) is 16.5 Å². The van der Waals surface area contributed by atoms with Gasteiger partial charge in [-0.25, -0.2) is 0 Å². The summed E-state index contributed by atoms with van der Waals surface area (Å²) in [5, 5.41) is 10.9. The van der Waals surface area contributed by atoms with E-state index in [1.165, 1.54) is 7.11 Å². The molecule has 0 heterocycles. The normalized spacial score (nSPS) is 10.8. The van der Waals surface area contributed by atoms with Crippen LogP contribution in [0.2, 0.25) is 15.1 Å². The van der Waals surface area contributed by atoms with Crippen molar-refractivity contribution in [3.8, 4) is 23.0 Å². The fraction of sp³-hybridized carbons (Fsp3) is 0.455. The van der Waals surface area contributed by atoms with Gasteiger partial charge >= 0.3 is 0 Å². The van der Waals surface area contributed by atoms with Crippen molar-refractivity contribution in [3.05, 3.63) is 44.4 Å². The minimum atomic E-state index is 0.252. The van der Waals surface area contributed by atoms with E-state index in [0.717, 1.165) is 49.0 Å². The standard InChI is InChI=1S/C22H27Cl3O4/c1-4-9-14-16(26)11-8-12-17(14)29-13-7-5-6-10-15-18(23)19(24)20(25)22(28-3)21(15)27-2/h8,11-12,26H,4-7,9-10,13H2,1-3H3. The second kappa shape index (κ2) is 11.6. The molecule has 0 radical (unpaired) electrons. The van der Waals surface area contributed by atoms with Crippen molar-refractivity contribution in [1.29, 1.82) is 0 Å². The molecule has 160 valence electrons. The van der Waals surface area contributed by atoms with Crippen LogP contribution in [-0.2, 0) is 12.8 Å². The molecule has 0 aliphatic rings. The van der Waals surface area contributed by atoms with Gasteiger partial charge in [-0.05, 0) is 44.2 Å². The Morgan fingerprint density at radius 3 is 2.21 bits per heavy atom. The maximum atomic E-state index is 10.0. The van der Waals surface area contributed by atoms with E-state index in [4.69, 9.17) is 49.0 Å². The number of rotatable bonds is 11. The zero-order valence-electron chi connectivity index (χ0n) is 17.0. The molecule has 0 fully saturated rings. The summed E-state index contributed by atoms with van der Waals surface area (Å²) in [6.07, 6.45) is 5.11. The fourth-order valence-corrected chi connectivity index (χ4v) is 4.02. The lowest BCUT2D eigenvalue weighted by molar-refractivity contribution is 0.299. The Hall–Kier alpha value is -1.49. The van der Waals surface area contributed by atoms with Gasteiger partial charge in [-0.2, -0.15) is 0 Å². The Morgan fingerprint density at radius 1 is 0.828 bits per heavy atom. The number of aromatic hydroxyl groups is 1. The van der Waals surface area contributed by atoms with Crippen LogP contribution < -0.4 is 14.2 Å². The first-order valence-corrected chi connectivity index (χ1v) is 10.8. The molecular weight excluding hydrogens is 435 g/mol. The SMILES string of the molecule is CCCc1c(O)cccc1OCCCCCc1c(Cl)c(Cl)c(Cl)c(OC)c1OC. The topological polar surface area (TPSA) is 47.9 Å². The highest BCUT2D eigenvalue weighted by atomic mass is 35.5. The van der Waals surface area contributed by atoms with Crippen molar-refractivity contribution >= 4 is 34.8 Å². The molecule has 0 bridgehead atoms. The first-order chi connectivity index (χ1) is 14.0. The number of hydrogen-bond donors (Lipinski definition) is 1. The minimum absolute atomic E-state index is 0.252. The van der Waals surface area contributed by atoms with Crippen LogP contribution >= 0.6 is 34.8 Å². The maximum Gasteiger partial charge on any atom is 0.181 e. The van der Waals surface area contributed by atoms with Crippen LogP contribution in [0.25, 0.3) is 0 Å². The fourth-order valence-electron chi connectivity index (χ4n) is 3.24. The van der Waals surface area contributed by atoms with E-state index in [9.17, 15) is 5.11 Å². The summed E-state index contributed by atoms with van der Waals surface area (Å²) in [6.45, 7) is 2.66. The smallest absolute Gasteiger partial charge is 0.181 e. The molecule has 0 atom stereocenters. The van der Waals surface area contributed by atoms with Crippen molar-refractivity contribution in [1.82, 2.24) is 0 Å². The Kier molecular flexibility index (Phi) is 9.54. The van der Waals surface area contributed by atoms with Crippen molar-refractivity contribution in [3.63, 3.8) is 0 Å². The number of unbranched alkanes of at least 4 members (excludes halogenated alkanes) is 2. The minimum Gasteiger partial charge on any atom is -0.508 e. The summed E-state index contributed by atoms with van der Waals surface area (Å²) in [5.41, 5.74) is 1.66. The molecule has 0 aliphatic carbocycles. The van der Waals surface area contributed by atoms with E-state index >= 15 is 0 Å². The molecule has 0 aromatic heterocycles. The van der Waals surface area contributed by atoms with E-state index in [2.05, 4.69) is 6.92 Å². The molecular formula is C22H27Cl3O4. The molecule has 0 amide bonds. The van der Waals surface area contributed by atoms with Crippen LogP contribution in [0.5, 0.6) is 23.0 Å². The lowest BCUT2D eigenvalue weighted by Crippen LogP contribution is -2.02. The van der Waals surface area contributed by atoms with Gasteiger partial charge in [0, 0.05) is 11.1 Å². The van der Waals surface area contributed by atoms with Gasteiger partial charge in [0.05, 0.1) is 30.9 Å². The summed E-state index contributed by atoms with van der Waals surface area (Å²) >= 11 is 18.8. The molecule has 0 saturated heterocycles. The van der Waals surface area contributed by atoms with Crippen molar-refractivity contribution in [2.24, 2.45) is 0 Å². The number of phenolic OH excluding ortho intramolecular Hbond substituents is 1. The van der Waals surface area contributed by atoms with Gasteiger partial charge < -0.3 is 19.3 Å². The number of ether oxygens (including phenoxy) is 3. The molecule has 0 spiro atoms. The maximum absolute atomic E-state index is 10.0. The van der Waals surface area contributed by atoms with Gasteiger partial charge in [-0.3, -0.25) is 0 Å². The third-order valence-corrected chi connectivity index (χ3v) is 6.02. The highest BCUT2D eigenvalue weighted by molar-refractivity contribution is 6.49. The summed E-state index contributed by atoms with van der Waals surface area (Å²) in [6, 6.07) is 5.40. The molecule has 2 aromatic carbocycles.